The third kappa shape index (κ3) is 4.39. The van der Waals surface area contributed by atoms with Crippen LogP contribution in [0.3, 0.4) is 0 Å². The molecule has 7 heteroatoms. The van der Waals surface area contributed by atoms with Crippen LogP contribution in [0.4, 0.5) is 0 Å². The van der Waals surface area contributed by atoms with Crippen molar-refractivity contribution in [3.05, 3.63) is 64.6 Å². The van der Waals surface area contributed by atoms with E-state index in [1.54, 1.807) is 42.5 Å². The summed E-state index contributed by atoms with van der Waals surface area (Å²) in [6.07, 6.45) is 0. The summed E-state index contributed by atoms with van der Waals surface area (Å²) in [5.41, 5.74) is -0.874. The predicted octanol–water partition coefficient (Wildman–Crippen LogP) is 2.26. The molecule has 1 atom stereocenters. The Morgan fingerprint density at radius 3 is 2.35 bits per heavy atom. The third-order valence-electron chi connectivity index (χ3n) is 3.38. The number of rotatable bonds is 7. The first-order chi connectivity index (χ1) is 10.9. The van der Waals surface area contributed by atoms with E-state index in [0.29, 0.717) is 10.0 Å². The van der Waals surface area contributed by atoms with Crippen LogP contribution in [-0.2, 0) is 20.4 Å². The average Bonchev–Trinajstić information content (AvgIpc) is 2.54. The Kier molecular flexibility index (Phi) is 5.94. The van der Waals surface area contributed by atoms with Crippen LogP contribution in [-0.4, -0.2) is 33.8 Å². The van der Waals surface area contributed by atoms with Gasteiger partial charge >= 0.3 is 0 Å². The third-order valence-corrected chi connectivity index (χ3v) is 5.79. The van der Waals surface area contributed by atoms with Crippen molar-refractivity contribution < 1.29 is 18.3 Å². The maximum Gasteiger partial charge on any atom is 0.241 e. The van der Waals surface area contributed by atoms with Crippen molar-refractivity contribution in [2.24, 2.45) is 0 Å². The zero-order valence-electron chi connectivity index (χ0n) is 12.6. The van der Waals surface area contributed by atoms with Gasteiger partial charge in [-0.25, -0.2) is 13.1 Å². The summed E-state index contributed by atoms with van der Waals surface area (Å²) in [5.74, 6) is 0. The Morgan fingerprint density at radius 1 is 1.13 bits per heavy atom. The summed E-state index contributed by atoms with van der Waals surface area (Å²) >= 11 is 3.22. The van der Waals surface area contributed by atoms with Crippen LogP contribution >= 0.6 is 15.9 Å². The van der Waals surface area contributed by atoms with Gasteiger partial charge in [-0.1, -0.05) is 42.5 Å². The van der Waals surface area contributed by atoms with Gasteiger partial charge in [0.1, 0.15) is 5.60 Å². The fraction of sp³-hybridized carbons (Fsp3) is 0.250. The Labute approximate surface area is 144 Å². The second-order valence-electron chi connectivity index (χ2n) is 5.09. The molecule has 5 nitrogen and oxygen atoms in total. The lowest BCUT2D eigenvalue weighted by molar-refractivity contribution is -0.0310. The maximum atomic E-state index is 12.4. The SMILES string of the molecule is COC[C@](O)(CNS(=O)(=O)c1ccccc1Br)c1ccccc1. The minimum Gasteiger partial charge on any atom is -0.381 e. The second kappa shape index (κ2) is 7.55. The first kappa shape index (κ1) is 18.1. The van der Waals surface area contributed by atoms with Crippen LogP contribution in [0, 0.1) is 0 Å². The molecule has 124 valence electrons. The molecule has 0 heterocycles. The van der Waals surface area contributed by atoms with Crippen molar-refractivity contribution >= 4 is 26.0 Å². The molecule has 2 rings (SSSR count). The van der Waals surface area contributed by atoms with Crippen molar-refractivity contribution in [2.75, 3.05) is 20.3 Å². The van der Waals surface area contributed by atoms with Crippen molar-refractivity contribution in [2.45, 2.75) is 10.5 Å². The number of methoxy groups -OCH3 is 1. The smallest absolute Gasteiger partial charge is 0.241 e. The van der Waals surface area contributed by atoms with E-state index in [4.69, 9.17) is 4.74 Å². The molecular weight excluding hydrogens is 382 g/mol. The highest BCUT2D eigenvalue weighted by atomic mass is 79.9. The number of nitrogens with one attached hydrogen (secondary N) is 1. The van der Waals surface area contributed by atoms with Gasteiger partial charge in [-0.3, -0.25) is 0 Å². The molecule has 0 aliphatic carbocycles. The first-order valence-corrected chi connectivity index (χ1v) is 9.18. The van der Waals surface area contributed by atoms with Crippen molar-refractivity contribution in [3.63, 3.8) is 0 Å². The van der Waals surface area contributed by atoms with E-state index in [-0.39, 0.29) is 18.0 Å². The molecule has 2 aromatic rings. The van der Waals surface area contributed by atoms with Crippen molar-refractivity contribution in [3.8, 4) is 0 Å². The summed E-state index contributed by atoms with van der Waals surface area (Å²) < 4.78 is 32.9. The largest absolute Gasteiger partial charge is 0.381 e. The van der Waals surface area contributed by atoms with Gasteiger partial charge < -0.3 is 9.84 Å². The highest BCUT2D eigenvalue weighted by Gasteiger charge is 2.31. The van der Waals surface area contributed by atoms with Crippen molar-refractivity contribution in [1.29, 1.82) is 0 Å². The molecule has 0 bridgehead atoms. The maximum absolute atomic E-state index is 12.4. The zero-order chi connectivity index (χ0) is 16.9. The Balaban J connectivity index is 2.24. The number of ether oxygens (including phenoxy) is 1. The molecule has 0 radical (unpaired) electrons. The molecule has 2 aromatic carbocycles. The topological polar surface area (TPSA) is 75.6 Å². The lowest BCUT2D eigenvalue weighted by atomic mass is 9.95. The van der Waals surface area contributed by atoms with Gasteiger partial charge in [-0.05, 0) is 33.6 Å². The Morgan fingerprint density at radius 2 is 1.74 bits per heavy atom. The van der Waals surface area contributed by atoms with Crippen LogP contribution in [0.2, 0.25) is 0 Å². The van der Waals surface area contributed by atoms with Crippen LogP contribution in [0.15, 0.2) is 64.0 Å². The molecule has 0 unspecified atom stereocenters. The van der Waals surface area contributed by atoms with Gasteiger partial charge in [0, 0.05) is 18.1 Å². The molecule has 0 saturated heterocycles. The Hall–Kier alpha value is -1.25. The van der Waals surface area contributed by atoms with Gasteiger partial charge in [-0.15, -0.1) is 0 Å². The van der Waals surface area contributed by atoms with Gasteiger partial charge in [0.2, 0.25) is 10.0 Å². The van der Waals surface area contributed by atoms with Crippen LogP contribution in [0.25, 0.3) is 0 Å². The summed E-state index contributed by atoms with van der Waals surface area (Å²) in [6.45, 7) is -0.232. The fourth-order valence-corrected chi connectivity index (χ4v) is 4.27. The molecule has 0 spiro atoms. The van der Waals surface area contributed by atoms with Gasteiger partial charge in [-0.2, -0.15) is 0 Å². The normalized spacial score (nSPS) is 14.4. The summed E-state index contributed by atoms with van der Waals surface area (Å²) in [5, 5.41) is 10.8. The van der Waals surface area contributed by atoms with E-state index in [1.165, 1.54) is 13.2 Å². The number of benzene rings is 2. The molecule has 0 aromatic heterocycles. The molecule has 0 saturated carbocycles. The van der Waals surface area contributed by atoms with Crippen LogP contribution < -0.4 is 4.72 Å². The number of halogens is 1. The van der Waals surface area contributed by atoms with Gasteiger partial charge in [0.05, 0.1) is 11.5 Å². The van der Waals surface area contributed by atoms with E-state index >= 15 is 0 Å². The minimum atomic E-state index is -3.76. The summed E-state index contributed by atoms with van der Waals surface area (Å²) in [6, 6.07) is 15.3. The monoisotopic (exact) mass is 399 g/mol. The average molecular weight is 400 g/mol. The highest BCUT2D eigenvalue weighted by molar-refractivity contribution is 9.10. The van der Waals surface area contributed by atoms with Crippen molar-refractivity contribution in [1.82, 2.24) is 4.72 Å². The molecule has 23 heavy (non-hydrogen) atoms. The summed E-state index contributed by atoms with van der Waals surface area (Å²) in [4.78, 5) is 0.118. The standard InChI is InChI=1S/C16H18BrNO4S/c1-22-12-16(19,13-7-3-2-4-8-13)11-18-23(20,21)15-10-6-5-9-14(15)17/h2-10,18-19H,11-12H2,1H3/t16-/m1/s1. The fourth-order valence-electron chi connectivity index (χ4n) is 2.18. The highest BCUT2D eigenvalue weighted by Crippen LogP contribution is 2.24. The van der Waals surface area contributed by atoms with Gasteiger partial charge in [0.15, 0.2) is 0 Å². The lowest BCUT2D eigenvalue weighted by Gasteiger charge is -2.28. The predicted molar refractivity (Wildman–Crippen MR) is 91.5 cm³/mol. The van der Waals surface area contributed by atoms with E-state index < -0.39 is 15.6 Å². The minimum absolute atomic E-state index is 0.0322. The van der Waals surface area contributed by atoms with E-state index in [9.17, 15) is 13.5 Å². The number of hydrogen-bond donors (Lipinski definition) is 2. The summed E-state index contributed by atoms with van der Waals surface area (Å²) in [7, 11) is -2.31. The number of sulfonamides is 1. The Bertz CT molecular complexity index is 752. The quantitative estimate of drug-likeness (QED) is 0.748. The van der Waals surface area contributed by atoms with Gasteiger partial charge in [0.25, 0.3) is 0 Å². The number of aliphatic hydroxyl groups is 1. The zero-order valence-corrected chi connectivity index (χ0v) is 15.0. The van der Waals surface area contributed by atoms with E-state index in [0.717, 1.165) is 0 Å². The number of hydrogen-bond acceptors (Lipinski definition) is 4. The van der Waals surface area contributed by atoms with E-state index in [2.05, 4.69) is 20.7 Å². The molecule has 0 amide bonds. The molecule has 0 fully saturated rings. The lowest BCUT2D eigenvalue weighted by Crippen LogP contribution is -2.43. The first-order valence-electron chi connectivity index (χ1n) is 6.90. The van der Waals surface area contributed by atoms with E-state index in [1.807, 2.05) is 6.07 Å². The molecule has 0 aliphatic heterocycles. The second-order valence-corrected chi connectivity index (χ2v) is 7.68. The molecule has 2 N–H and O–H groups in total. The molecular formula is C16H18BrNO4S. The van der Waals surface area contributed by atoms with Crippen LogP contribution in [0.1, 0.15) is 5.56 Å². The molecule has 0 aliphatic rings. The van der Waals surface area contributed by atoms with Crippen LogP contribution in [0.5, 0.6) is 0 Å².